The first-order valence-corrected chi connectivity index (χ1v) is 11.1. The first kappa shape index (κ1) is 22.8. The van der Waals surface area contributed by atoms with E-state index in [0.717, 1.165) is 18.7 Å². The van der Waals surface area contributed by atoms with Crippen molar-refractivity contribution in [1.82, 2.24) is 9.80 Å². The van der Waals surface area contributed by atoms with Crippen LogP contribution in [0, 0.1) is 0 Å². The van der Waals surface area contributed by atoms with Crippen LogP contribution in [0.1, 0.15) is 17.2 Å². The SMILES string of the molecule is C=CCOc1ccc(C2/C(=C(/O)c3ccccc3)C(=O)C(=O)N2CCN2CCOCC2)cc1. The number of benzene rings is 2. The van der Waals surface area contributed by atoms with E-state index in [2.05, 4.69) is 11.5 Å². The Morgan fingerprint density at radius 2 is 1.76 bits per heavy atom. The number of aliphatic hydroxyl groups excluding tert-OH is 1. The predicted molar refractivity (Wildman–Crippen MR) is 125 cm³/mol. The van der Waals surface area contributed by atoms with Crippen LogP contribution >= 0.6 is 0 Å². The van der Waals surface area contributed by atoms with Crippen LogP contribution in [-0.2, 0) is 14.3 Å². The number of hydrogen-bond donors (Lipinski definition) is 1. The molecule has 2 aliphatic heterocycles. The molecule has 7 nitrogen and oxygen atoms in total. The molecule has 0 radical (unpaired) electrons. The van der Waals surface area contributed by atoms with Crippen molar-refractivity contribution in [1.29, 1.82) is 0 Å². The van der Waals surface area contributed by atoms with Crippen molar-refractivity contribution >= 4 is 17.4 Å². The Morgan fingerprint density at radius 3 is 2.42 bits per heavy atom. The Morgan fingerprint density at radius 1 is 1.06 bits per heavy atom. The molecule has 0 spiro atoms. The molecule has 0 aromatic heterocycles. The second-order valence-corrected chi connectivity index (χ2v) is 7.98. The van der Waals surface area contributed by atoms with Gasteiger partial charge in [-0.05, 0) is 17.7 Å². The van der Waals surface area contributed by atoms with E-state index in [4.69, 9.17) is 9.47 Å². The van der Waals surface area contributed by atoms with E-state index >= 15 is 0 Å². The number of amides is 1. The minimum Gasteiger partial charge on any atom is -0.507 e. The summed E-state index contributed by atoms with van der Waals surface area (Å²) in [4.78, 5) is 29.9. The number of hydrogen-bond acceptors (Lipinski definition) is 6. The Hall–Kier alpha value is -3.42. The number of nitrogens with zero attached hydrogens (tertiary/aromatic N) is 2. The van der Waals surface area contributed by atoms with Crippen molar-refractivity contribution in [2.75, 3.05) is 46.0 Å². The fourth-order valence-corrected chi connectivity index (χ4v) is 4.18. The predicted octanol–water partition coefficient (Wildman–Crippen LogP) is 3.01. The van der Waals surface area contributed by atoms with E-state index < -0.39 is 17.7 Å². The number of Topliss-reactive ketones (excluding diaryl/α,β-unsaturated/α-hetero) is 1. The smallest absolute Gasteiger partial charge is 0.295 e. The molecule has 7 heteroatoms. The van der Waals surface area contributed by atoms with Gasteiger partial charge in [0.05, 0.1) is 24.8 Å². The molecule has 2 heterocycles. The molecule has 2 saturated heterocycles. The molecule has 0 saturated carbocycles. The average Bonchev–Trinajstić information content (AvgIpc) is 3.12. The van der Waals surface area contributed by atoms with E-state index in [1.165, 1.54) is 0 Å². The zero-order chi connectivity index (χ0) is 23.2. The van der Waals surface area contributed by atoms with Crippen molar-refractivity contribution in [3.8, 4) is 5.75 Å². The molecule has 0 bridgehead atoms. The number of rotatable bonds is 8. The van der Waals surface area contributed by atoms with Gasteiger partial charge < -0.3 is 19.5 Å². The van der Waals surface area contributed by atoms with Gasteiger partial charge in [-0.3, -0.25) is 14.5 Å². The second kappa shape index (κ2) is 10.5. The third-order valence-corrected chi connectivity index (χ3v) is 5.91. The highest BCUT2D eigenvalue weighted by molar-refractivity contribution is 6.46. The number of carbonyl (C=O) groups is 2. The van der Waals surface area contributed by atoms with Gasteiger partial charge in [-0.2, -0.15) is 0 Å². The summed E-state index contributed by atoms with van der Waals surface area (Å²) in [5.74, 6) is -0.778. The van der Waals surface area contributed by atoms with E-state index in [1.54, 1.807) is 47.4 Å². The number of ketones is 1. The summed E-state index contributed by atoms with van der Waals surface area (Å²) in [6.45, 7) is 7.90. The lowest BCUT2D eigenvalue weighted by molar-refractivity contribution is -0.140. The number of ether oxygens (including phenoxy) is 2. The fraction of sp³-hybridized carbons (Fsp3) is 0.308. The van der Waals surface area contributed by atoms with Gasteiger partial charge in [0, 0.05) is 31.7 Å². The maximum Gasteiger partial charge on any atom is 0.295 e. The lowest BCUT2D eigenvalue weighted by Crippen LogP contribution is -2.42. The van der Waals surface area contributed by atoms with Gasteiger partial charge in [0.25, 0.3) is 11.7 Å². The summed E-state index contributed by atoms with van der Waals surface area (Å²) in [7, 11) is 0. The van der Waals surface area contributed by atoms with Gasteiger partial charge in [-0.25, -0.2) is 0 Å². The number of likely N-dealkylation sites (tertiary alicyclic amines) is 1. The lowest BCUT2D eigenvalue weighted by Gasteiger charge is -2.31. The third kappa shape index (κ3) is 4.99. The monoisotopic (exact) mass is 448 g/mol. The first-order valence-electron chi connectivity index (χ1n) is 11.1. The lowest BCUT2D eigenvalue weighted by atomic mass is 9.95. The normalized spacial score (nSPS) is 20.7. The van der Waals surface area contributed by atoms with Crippen LogP contribution in [0.3, 0.4) is 0 Å². The van der Waals surface area contributed by atoms with E-state index in [0.29, 0.717) is 44.2 Å². The summed E-state index contributed by atoms with van der Waals surface area (Å²) in [5, 5.41) is 11.1. The Kier molecular flexibility index (Phi) is 7.22. The minimum absolute atomic E-state index is 0.105. The summed E-state index contributed by atoms with van der Waals surface area (Å²) < 4.78 is 11.0. The zero-order valence-electron chi connectivity index (χ0n) is 18.5. The molecule has 33 heavy (non-hydrogen) atoms. The molecule has 1 unspecified atom stereocenters. The molecule has 0 aliphatic carbocycles. The second-order valence-electron chi connectivity index (χ2n) is 7.98. The summed E-state index contributed by atoms with van der Waals surface area (Å²) >= 11 is 0. The molecule has 2 aromatic carbocycles. The van der Waals surface area contributed by atoms with Crippen LogP contribution in [0.25, 0.3) is 5.76 Å². The van der Waals surface area contributed by atoms with Gasteiger partial charge in [-0.1, -0.05) is 55.1 Å². The van der Waals surface area contributed by atoms with Gasteiger partial charge in [0.15, 0.2) is 0 Å². The van der Waals surface area contributed by atoms with Crippen LogP contribution in [-0.4, -0.2) is 72.6 Å². The summed E-state index contributed by atoms with van der Waals surface area (Å²) in [6.07, 6.45) is 1.66. The highest BCUT2D eigenvalue weighted by atomic mass is 16.5. The van der Waals surface area contributed by atoms with Gasteiger partial charge in [-0.15, -0.1) is 0 Å². The quantitative estimate of drug-likeness (QED) is 0.290. The van der Waals surface area contributed by atoms with Gasteiger partial charge in [0.1, 0.15) is 18.1 Å². The largest absolute Gasteiger partial charge is 0.507 e. The average molecular weight is 449 g/mol. The molecular weight excluding hydrogens is 420 g/mol. The van der Waals surface area contributed by atoms with Crippen molar-refractivity contribution in [2.45, 2.75) is 6.04 Å². The Labute approximate surface area is 193 Å². The minimum atomic E-state index is -0.681. The topological polar surface area (TPSA) is 79.3 Å². The molecule has 1 N–H and O–H groups in total. The van der Waals surface area contributed by atoms with E-state index in [-0.39, 0.29) is 11.3 Å². The zero-order valence-corrected chi connectivity index (χ0v) is 18.5. The van der Waals surface area contributed by atoms with Gasteiger partial charge in [0.2, 0.25) is 0 Å². The Balaban J connectivity index is 1.69. The maximum atomic E-state index is 13.1. The molecule has 2 fully saturated rings. The van der Waals surface area contributed by atoms with Crippen molar-refractivity contribution < 1.29 is 24.2 Å². The first-order chi connectivity index (χ1) is 16.1. The Bertz CT molecular complexity index is 1030. The van der Waals surface area contributed by atoms with Crippen LogP contribution in [0.15, 0.2) is 72.8 Å². The molecule has 2 aromatic rings. The number of carbonyl (C=O) groups excluding carboxylic acids is 2. The molecule has 1 amide bonds. The summed E-state index contributed by atoms with van der Waals surface area (Å²) in [6, 6.07) is 15.4. The molecule has 172 valence electrons. The maximum absolute atomic E-state index is 13.1. The highest BCUT2D eigenvalue weighted by Crippen LogP contribution is 2.39. The fourth-order valence-electron chi connectivity index (χ4n) is 4.18. The van der Waals surface area contributed by atoms with Crippen LogP contribution < -0.4 is 4.74 Å². The number of aliphatic hydroxyl groups is 1. The molecule has 1 atom stereocenters. The molecular formula is C26H28N2O5. The standard InChI is InChI=1S/C26H28N2O5/c1-2-16-33-21-10-8-19(9-11-21)23-22(24(29)20-6-4-3-5-7-20)25(30)26(31)28(23)13-12-27-14-17-32-18-15-27/h2-11,23,29H,1,12-18H2/b24-22-. The van der Waals surface area contributed by atoms with Crippen LogP contribution in [0.4, 0.5) is 0 Å². The van der Waals surface area contributed by atoms with Crippen molar-refractivity contribution in [2.24, 2.45) is 0 Å². The summed E-state index contributed by atoms with van der Waals surface area (Å²) in [5.41, 5.74) is 1.34. The molecule has 4 rings (SSSR count). The van der Waals surface area contributed by atoms with Gasteiger partial charge >= 0.3 is 0 Å². The van der Waals surface area contributed by atoms with Crippen LogP contribution in [0.5, 0.6) is 5.75 Å². The van der Waals surface area contributed by atoms with Crippen LogP contribution in [0.2, 0.25) is 0 Å². The highest BCUT2D eigenvalue weighted by Gasteiger charge is 2.46. The van der Waals surface area contributed by atoms with E-state index in [1.807, 2.05) is 18.2 Å². The molecule has 2 aliphatic rings. The van der Waals surface area contributed by atoms with Crippen molar-refractivity contribution in [3.63, 3.8) is 0 Å². The number of morpholine rings is 1. The third-order valence-electron chi connectivity index (χ3n) is 5.91. The van der Waals surface area contributed by atoms with E-state index in [9.17, 15) is 14.7 Å². The van der Waals surface area contributed by atoms with Crippen molar-refractivity contribution in [3.05, 3.63) is 84.0 Å².